The molecule has 0 amide bonds. The van der Waals surface area contributed by atoms with Crippen molar-refractivity contribution in [2.45, 2.75) is 23.9 Å². The molecule has 1 aliphatic rings. The predicted molar refractivity (Wildman–Crippen MR) is 120 cm³/mol. The highest BCUT2D eigenvalue weighted by molar-refractivity contribution is 7.99. The molecular formula is C21H28N6OS. The molecule has 1 fully saturated rings. The Bertz CT molecular complexity index is 971. The maximum absolute atomic E-state index is 13.3. The number of aromatic nitrogens is 2. The Morgan fingerprint density at radius 3 is 2.69 bits per heavy atom. The average Bonchev–Trinajstić information content (AvgIpc) is 2.73. The maximum Gasteiger partial charge on any atom is 0.280 e. The van der Waals surface area contributed by atoms with Crippen molar-refractivity contribution >= 4 is 23.3 Å². The summed E-state index contributed by atoms with van der Waals surface area (Å²) in [5.41, 5.74) is 1.52. The highest BCUT2D eigenvalue weighted by Crippen LogP contribution is 2.30. The van der Waals surface area contributed by atoms with E-state index in [1.165, 1.54) is 11.8 Å². The summed E-state index contributed by atoms with van der Waals surface area (Å²) < 4.78 is 1.61. The normalized spacial score (nSPS) is 14.2. The Morgan fingerprint density at radius 1 is 1.31 bits per heavy atom. The van der Waals surface area contributed by atoms with Crippen molar-refractivity contribution in [2.75, 3.05) is 50.1 Å². The quantitative estimate of drug-likeness (QED) is 0.427. The molecule has 2 N–H and O–H groups in total. The molecule has 8 heteroatoms. The molecule has 0 aliphatic carbocycles. The molecule has 1 aromatic heterocycles. The van der Waals surface area contributed by atoms with Crippen LogP contribution in [0.4, 0.5) is 11.5 Å². The molecule has 1 aliphatic heterocycles. The third-order valence-corrected chi connectivity index (χ3v) is 6.05. The molecule has 0 bridgehead atoms. The van der Waals surface area contributed by atoms with Gasteiger partial charge in [-0.2, -0.15) is 0 Å². The third kappa shape index (κ3) is 4.93. The monoisotopic (exact) mass is 412 g/mol. The van der Waals surface area contributed by atoms with Crippen LogP contribution in [-0.4, -0.2) is 54.3 Å². The van der Waals surface area contributed by atoms with Gasteiger partial charge in [-0.05, 0) is 25.5 Å². The first-order chi connectivity index (χ1) is 14.0. The first-order valence-electron chi connectivity index (χ1n) is 9.70. The van der Waals surface area contributed by atoms with E-state index in [0.717, 1.165) is 36.6 Å². The van der Waals surface area contributed by atoms with Gasteiger partial charge >= 0.3 is 0 Å². The van der Waals surface area contributed by atoms with E-state index < -0.39 is 0 Å². The molecule has 1 saturated heterocycles. The summed E-state index contributed by atoms with van der Waals surface area (Å²) in [6.45, 7) is 8.13. The minimum Gasteiger partial charge on any atom is -0.371 e. The zero-order chi connectivity index (χ0) is 20.8. The minimum atomic E-state index is -0.113. The lowest BCUT2D eigenvalue weighted by Gasteiger charge is -2.31. The zero-order valence-corrected chi connectivity index (χ0v) is 18.3. The molecule has 0 radical (unpaired) electrons. The number of anilines is 2. The SMILES string of the molecule is CC#CN(CN1CCNCC1)c1c(NC)nc(Sc2ccccc2C)n(C)c1=O. The van der Waals surface area contributed by atoms with Gasteiger partial charge in [-0.15, -0.1) is 0 Å². The largest absolute Gasteiger partial charge is 0.371 e. The van der Waals surface area contributed by atoms with Gasteiger partial charge in [0.1, 0.15) is 0 Å². The Hall–Kier alpha value is -2.47. The van der Waals surface area contributed by atoms with Crippen molar-refractivity contribution in [1.82, 2.24) is 19.8 Å². The molecule has 29 heavy (non-hydrogen) atoms. The fourth-order valence-corrected chi connectivity index (χ4v) is 4.13. The van der Waals surface area contributed by atoms with Crippen molar-refractivity contribution in [2.24, 2.45) is 7.05 Å². The summed E-state index contributed by atoms with van der Waals surface area (Å²) in [5.74, 6) is 3.48. The van der Waals surface area contributed by atoms with Crippen molar-refractivity contribution in [3.05, 3.63) is 40.2 Å². The van der Waals surface area contributed by atoms with Crippen LogP contribution in [0.2, 0.25) is 0 Å². The highest BCUT2D eigenvalue weighted by atomic mass is 32.2. The van der Waals surface area contributed by atoms with Crippen LogP contribution >= 0.6 is 11.8 Å². The van der Waals surface area contributed by atoms with Gasteiger partial charge in [-0.3, -0.25) is 19.2 Å². The van der Waals surface area contributed by atoms with Crippen molar-refractivity contribution in [3.8, 4) is 12.0 Å². The number of rotatable bonds is 6. The first kappa shape index (κ1) is 21.2. The van der Waals surface area contributed by atoms with Gasteiger partial charge in [0.25, 0.3) is 5.56 Å². The number of aryl methyl sites for hydroxylation is 1. The number of hydrogen-bond acceptors (Lipinski definition) is 7. The number of piperazine rings is 1. The summed E-state index contributed by atoms with van der Waals surface area (Å²) in [6, 6.07) is 11.2. The Balaban J connectivity index is 1.99. The molecule has 0 saturated carbocycles. The van der Waals surface area contributed by atoms with Gasteiger partial charge in [0, 0.05) is 51.2 Å². The molecule has 154 valence electrons. The maximum atomic E-state index is 13.3. The molecule has 7 nitrogen and oxygen atoms in total. The number of hydrogen-bond donors (Lipinski definition) is 2. The molecule has 0 atom stereocenters. The molecule has 1 aromatic carbocycles. The number of benzene rings is 1. The Labute approximate surface area is 176 Å². The number of nitrogens with zero attached hydrogens (tertiary/aromatic N) is 4. The summed E-state index contributed by atoms with van der Waals surface area (Å²) in [4.78, 5) is 23.3. The van der Waals surface area contributed by atoms with Crippen LogP contribution in [0.1, 0.15) is 12.5 Å². The second-order valence-corrected chi connectivity index (χ2v) is 7.88. The topological polar surface area (TPSA) is 65.4 Å². The molecule has 2 heterocycles. The lowest BCUT2D eigenvalue weighted by Crippen LogP contribution is -2.48. The summed E-state index contributed by atoms with van der Waals surface area (Å²) in [6.07, 6.45) is 0. The van der Waals surface area contributed by atoms with E-state index in [-0.39, 0.29) is 5.56 Å². The van der Waals surface area contributed by atoms with E-state index in [0.29, 0.717) is 23.3 Å². The Morgan fingerprint density at radius 2 is 2.03 bits per heavy atom. The smallest absolute Gasteiger partial charge is 0.280 e. The van der Waals surface area contributed by atoms with Crippen molar-refractivity contribution in [1.29, 1.82) is 0 Å². The first-order valence-corrected chi connectivity index (χ1v) is 10.5. The second-order valence-electron chi connectivity index (χ2n) is 6.87. The van der Waals surface area contributed by atoms with E-state index in [4.69, 9.17) is 4.98 Å². The summed E-state index contributed by atoms with van der Waals surface area (Å²) >= 11 is 1.49. The van der Waals surface area contributed by atoms with Crippen LogP contribution in [0.3, 0.4) is 0 Å². The van der Waals surface area contributed by atoms with Gasteiger partial charge in [0.15, 0.2) is 16.7 Å². The van der Waals surface area contributed by atoms with Crippen LogP contribution in [0.5, 0.6) is 0 Å². The van der Waals surface area contributed by atoms with Gasteiger partial charge in [-0.25, -0.2) is 4.98 Å². The van der Waals surface area contributed by atoms with E-state index in [1.807, 2.05) is 23.1 Å². The fourth-order valence-electron chi connectivity index (χ4n) is 3.20. The number of nitrogens with one attached hydrogen (secondary N) is 2. The van der Waals surface area contributed by atoms with Gasteiger partial charge < -0.3 is 10.6 Å². The van der Waals surface area contributed by atoms with Crippen LogP contribution in [0.15, 0.2) is 39.1 Å². The van der Waals surface area contributed by atoms with E-state index >= 15 is 0 Å². The standard InChI is InChI=1S/C21H28N6OS/c1-5-12-27(15-26-13-10-23-11-14-26)18-19(22-3)24-21(25(4)20(18)28)29-17-9-7-6-8-16(17)2/h6-9,22-23H,10-11,13-15H2,1-4H3. The average molecular weight is 413 g/mol. The molecular weight excluding hydrogens is 384 g/mol. The van der Waals surface area contributed by atoms with Crippen LogP contribution in [-0.2, 0) is 7.05 Å². The minimum absolute atomic E-state index is 0.113. The van der Waals surface area contributed by atoms with Crippen molar-refractivity contribution < 1.29 is 0 Å². The second kappa shape index (κ2) is 9.83. The van der Waals surface area contributed by atoms with Gasteiger partial charge in [-0.1, -0.05) is 35.9 Å². The molecule has 0 spiro atoms. The molecule has 2 aromatic rings. The lowest BCUT2D eigenvalue weighted by molar-refractivity contribution is 0.247. The highest BCUT2D eigenvalue weighted by Gasteiger charge is 2.22. The molecule has 0 unspecified atom stereocenters. The third-order valence-electron chi connectivity index (χ3n) is 4.83. The van der Waals surface area contributed by atoms with E-state index in [1.54, 1.807) is 25.6 Å². The Kier molecular flexibility index (Phi) is 7.20. The van der Waals surface area contributed by atoms with Crippen molar-refractivity contribution in [3.63, 3.8) is 0 Å². The summed E-state index contributed by atoms with van der Waals surface area (Å²) in [7, 11) is 3.55. The summed E-state index contributed by atoms with van der Waals surface area (Å²) in [5, 5.41) is 7.09. The predicted octanol–water partition coefficient (Wildman–Crippen LogP) is 1.93. The van der Waals surface area contributed by atoms with E-state index in [9.17, 15) is 4.79 Å². The van der Waals surface area contributed by atoms with E-state index in [2.05, 4.69) is 40.5 Å². The van der Waals surface area contributed by atoms with Gasteiger partial charge in [0.05, 0.1) is 6.67 Å². The molecule has 3 rings (SSSR count). The van der Waals surface area contributed by atoms with Crippen LogP contribution < -0.4 is 21.1 Å². The lowest BCUT2D eigenvalue weighted by atomic mass is 10.2. The fraction of sp³-hybridized carbons (Fsp3) is 0.429. The zero-order valence-electron chi connectivity index (χ0n) is 17.5. The van der Waals surface area contributed by atoms with Crippen LogP contribution in [0, 0.1) is 18.9 Å². The van der Waals surface area contributed by atoms with Crippen LogP contribution in [0.25, 0.3) is 0 Å². The van der Waals surface area contributed by atoms with Gasteiger partial charge in [0.2, 0.25) is 0 Å².